The molecule has 88 valence electrons. The van der Waals surface area contributed by atoms with Gasteiger partial charge in [-0.15, -0.1) is 0 Å². The lowest BCUT2D eigenvalue weighted by atomic mass is 10.0. The molecule has 2 aromatic carbocycles. The summed E-state index contributed by atoms with van der Waals surface area (Å²) in [5, 5.41) is 2.14. The van der Waals surface area contributed by atoms with E-state index in [0.29, 0.717) is 6.47 Å². The largest absolute Gasteiger partial charge is 0.497 e. The quantitative estimate of drug-likeness (QED) is 0.757. The van der Waals surface area contributed by atoms with Crippen molar-refractivity contribution < 1.29 is 14.3 Å². The first kappa shape index (κ1) is 11.5. The maximum absolute atomic E-state index is 10.4. The highest BCUT2D eigenvalue weighted by Gasteiger charge is 2.09. The minimum atomic E-state index is -0.246. The first-order chi connectivity index (χ1) is 8.26. The third-order valence-electron chi connectivity index (χ3n) is 2.82. The molecule has 2 aromatic rings. The van der Waals surface area contributed by atoms with Crippen LogP contribution in [0.15, 0.2) is 36.4 Å². The highest BCUT2D eigenvalue weighted by molar-refractivity contribution is 5.87. The van der Waals surface area contributed by atoms with Crippen molar-refractivity contribution in [2.75, 3.05) is 7.11 Å². The van der Waals surface area contributed by atoms with Gasteiger partial charge in [0.05, 0.1) is 7.11 Å². The molecular weight excluding hydrogens is 216 g/mol. The summed E-state index contributed by atoms with van der Waals surface area (Å²) in [5.41, 5.74) is 0.997. The zero-order valence-electron chi connectivity index (χ0n) is 9.84. The van der Waals surface area contributed by atoms with Crippen LogP contribution in [0.3, 0.4) is 0 Å². The maximum atomic E-state index is 10.4. The highest BCUT2D eigenvalue weighted by Crippen LogP contribution is 2.28. The fourth-order valence-electron chi connectivity index (χ4n) is 1.92. The Hall–Kier alpha value is -2.03. The second-order valence-electron chi connectivity index (χ2n) is 3.81. The molecule has 0 saturated heterocycles. The molecule has 0 saturated carbocycles. The van der Waals surface area contributed by atoms with Crippen LogP contribution in [0, 0.1) is 0 Å². The standard InChI is InChI=1S/C14H14O3/c1-10(17-9-15)13-5-3-4-11-8-12(16-2)6-7-14(11)13/h3-10H,1-2H3. The fourth-order valence-corrected chi connectivity index (χ4v) is 1.92. The van der Waals surface area contributed by atoms with Crippen LogP contribution in [0.2, 0.25) is 0 Å². The SMILES string of the molecule is COc1ccc2c(C(C)OC=O)cccc2c1. The van der Waals surface area contributed by atoms with E-state index in [4.69, 9.17) is 9.47 Å². The van der Waals surface area contributed by atoms with Crippen molar-refractivity contribution in [3.05, 3.63) is 42.0 Å². The predicted molar refractivity (Wildman–Crippen MR) is 66.1 cm³/mol. The lowest BCUT2D eigenvalue weighted by Crippen LogP contribution is -1.99. The van der Waals surface area contributed by atoms with Crippen molar-refractivity contribution in [2.24, 2.45) is 0 Å². The monoisotopic (exact) mass is 230 g/mol. The summed E-state index contributed by atoms with van der Waals surface area (Å²) in [7, 11) is 1.64. The highest BCUT2D eigenvalue weighted by atomic mass is 16.5. The van der Waals surface area contributed by atoms with Crippen LogP contribution in [0.1, 0.15) is 18.6 Å². The molecule has 3 nitrogen and oxygen atoms in total. The number of ether oxygens (including phenoxy) is 2. The Balaban J connectivity index is 2.53. The number of hydrogen-bond acceptors (Lipinski definition) is 3. The Morgan fingerprint density at radius 3 is 2.76 bits per heavy atom. The van der Waals surface area contributed by atoms with E-state index >= 15 is 0 Å². The van der Waals surface area contributed by atoms with Crippen molar-refractivity contribution in [2.45, 2.75) is 13.0 Å². The van der Waals surface area contributed by atoms with Crippen LogP contribution in [0.25, 0.3) is 10.8 Å². The molecule has 1 atom stereocenters. The van der Waals surface area contributed by atoms with Gasteiger partial charge in [-0.1, -0.05) is 24.3 Å². The number of carbonyl (C=O) groups excluding carboxylic acids is 1. The minimum Gasteiger partial charge on any atom is -0.497 e. The van der Waals surface area contributed by atoms with Gasteiger partial charge in [0.2, 0.25) is 0 Å². The van der Waals surface area contributed by atoms with E-state index in [1.165, 1.54) is 0 Å². The number of methoxy groups -OCH3 is 1. The van der Waals surface area contributed by atoms with E-state index in [0.717, 1.165) is 22.1 Å². The summed E-state index contributed by atoms with van der Waals surface area (Å²) >= 11 is 0. The van der Waals surface area contributed by atoms with Gasteiger partial charge in [-0.2, -0.15) is 0 Å². The molecule has 0 aliphatic carbocycles. The van der Waals surface area contributed by atoms with Crippen molar-refractivity contribution >= 4 is 17.2 Å². The van der Waals surface area contributed by atoms with Gasteiger partial charge in [-0.05, 0) is 35.4 Å². The summed E-state index contributed by atoms with van der Waals surface area (Å²) in [6, 6.07) is 11.8. The summed E-state index contributed by atoms with van der Waals surface area (Å²) in [5.74, 6) is 0.818. The van der Waals surface area contributed by atoms with Crippen molar-refractivity contribution in [3.63, 3.8) is 0 Å². The molecule has 3 heteroatoms. The Bertz CT molecular complexity index is 534. The van der Waals surface area contributed by atoms with Gasteiger partial charge < -0.3 is 9.47 Å². The molecular formula is C14H14O3. The van der Waals surface area contributed by atoms with E-state index in [1.54, 1.807) is 7.11 Å². The molecule has 1 unspecified atom stereocenters. The van der Waals surface area contributed by atoms with Crippen molar-refractivity contribution in [3.8, 4) is 5.75 Å². The molecule has 2 rings (SSSR count). The lowest BCUT2D eigenvalue weighted by molar-refractivity contribution is -0.133. The summed E-state index contributed by atoms with van der Waals surface area (Å²) in [4.78, 5) is 10.4. The maximum Gasteiger partial charge on any atom is 0.293 e. The van der Waals surface area contributed by atoms with E-state index < -0.39 is 0 Å². The zero-order chi connectivity index (χ0) is 12.3. The van der Waals surface area contributed by atoms with Crippen LogP contribution < -0.4 is 4.74 Å². The minimum absolute atomic E-state index is 0.246. The van der Waals surface area contributed by atoms with Crippen LogP contribution in [-0.4, -0.2) is 13.6 Å². The molecule has 0 fully saturated rings. The van der Waals surface area contributed by atoms with Crippen molar-refractivity contribution in [1.82, 2.24) is 0 Å². The molecule has 17 heavy (non-hydrogen) atoms. The van der Waals surface area contributed by atoms with Crippen LogP contribution in [0.4, 0.5) is 0 Å². The molecule has 0 aromatic heterocycles. The molecule has 0 N–H and O–H groups in total. The Kier molecular flexibility index (Phi) is 3.28. The first-order valence-corrected chi connectivity index (χ1v) is 5.42. The lowest BCUT2D eigenvalue weighted by Gasteiger charge is -2.13. The fraction of sp³-hybridized carbons (Fsp3) is 0.214. The molecule has 0 aliphatic heterocycles. The van der Waals surface area contributed by atoms with Crippen LogP contribution in [-0.2, 0) is 9.53 Å². The van der Waals surface area contributed by atoms with Gasteiger partial charge >= 0.3 is 0 Å². The number of fused-ring (bicyclic) bond motifs is 1. The van der Waals surface area contributed by atoms with Gasteiger partial charge in [0.1, 0.15) is 11.9 Å². The van der Waals surface area contributed by atoms with Crippen LogP contribution >= 0.6 is 0 Å². The molecule has 0 spiro atoms. The number of hydrogen-bond donors (Lipinski definition) is 0. The second kappa shape index (κ2) is 4.87. The molecule has 0 amide bonds. The van der Waals surface area contributed by atoms with E-state index in [9.17, 15) is 4.79 Å². The van der Waals surface area contributed by atoms with Gasteiger partial charge in [0.25, 0.3) is 6.47 Å². The zero-order valence-corrected chi connectivity index (χ0v) is 9.84. The first-order valence-electron chi connectivity index (χ1n) is 5.42. The number of rotatable bonds is 4. The molecule has 0 radical (unpaired) electrons. The number of benzene rings is 2. The predicted octanol–water partition coefficient (Wildman–Crippen LogP) is 3.08. The van der Waals surface area contributed by atoms with Gasteiger partial charge in [0, 0.05) is 0 Å². The Morgan fingerprint density at radius 1 is 1.24 bits per heavy atom. The molecule has 0 aliphatic rings. The smallest absolute Gasteiger partial charge is 0.293 e. The number of carbonyl (C=O) groups is 1. The summed E-state index contributed by atoms with van der Waals surface area (Å²) in [6.45, 7) is 2.33. The third kappa shape index (κ3) is 2.23. The Morgan fingerprint density at radius 2 is 2.06 bits per heavy atom. The average Bonchev–Trinajstić information content (AvgIpc) is 2.37. The normalized spacial score (nSPS) is 12.1. The Labute approximate surface area is 100.0 Å². The second-order valence-corrected chi connectivity index (χ2v) is 3.81. The average molecular weight is 230 g/mol. The van der Waals surface area contributed by atoms with Crippen LogP contribution in [0.5, 0.6) is 5.75 Å². The van der Waals surface area contributed by atoms with Gasteiger partial charge in [-0.3, -0.25) is 4.79 Å². The molecule has 0 heterocycles. The van der Waals surface area contributed by atoms with Crippen molar-refractivity contribution in [1.29, 1.82) is 0 Å². The van der Waals surface area contributed by atoms with Gasteiger partial charge in [0.15, 0.2) is 0 Å². The summed E-state index contributed by atoms with van der Waals surface area (Å²) < 4.78 is 10.2. The molecule has 0 bridgehead atoms. The topological polar surface area (TPSA) is 35.5 Å². The third-order valence-corrected chi connectivity index (χ3v) is 2.82. The summed E-state index contributed by atoms with van der Waals surface area (Å²) in [6.07, 6.45) is -0.246. The van der Waals surface area contributed by atoms with E-state index in [-0.39, 0.29) is 6.10 Å². The van der Waals surface area contributed by atoms with Gasteiger partial charge in [-0.25, -0.2) is 0 Å². The van der Waals surface area contributed by atoms with E-state index in [2.05, 4.69) is 0 Å². The van der Waals surface area contributed by atoms with E-state index in [1.807, 2.05) is 43.3 Å².